The van der Waals surface area contributed by atoms with E-state index in [1.165, 1.54) is 12.1 Å². The molecule has 0 fully saturated rings. The molecule has 2 rings (SSSR count). The summed E-state index contributed by atoms with van der Waals surface area (Å²) in [5, 5.41) is 13.5. The topological polar surface area (TPSA) is 41.5 Å². The molecule has 0 aliphatic rings. The first-order valence-electron chi connectivity index (χ1n) is 6.61. The molecule has 1 unspecified atom stereocenters. The number of aliphatic hydroxyl groups is 1. The van der Waals surface area contributed by atoms with Gasteiger partial charge in [0, 0.05) is 17.3 Å². The first kappa shape index (κ1) is 15.6. The molecule has 0 aliphatic heterocycles. The summed E-state index contributed by atoms with van der Waals surface area (Å²) in [7, 11) is 0. The highest BCUT2D eigenvalue weighted by Gasteiger charge is 2.07. The van der Waals surface area contributed by atoms with Crippen molar-refractivity contribution in [3.63, 3.8) is 0 Å². The van der Waals surface area contributed by atoms with Crippen LogP contribution in [0.1, 0.15) is 5.56 Å². The lowest BCUT2D eigenvalue weighted by molar-refractivity contribution is 0.117. The molecule has 0 aliphatic carbocycles. The van der Waals surface area contributed by atoms with Crippen LogP contribution in [0.4, 0.5) is 10.1 Å². The van der Waals surface area contributed by atoms with E-state index in [4.69, 9.17) is 16.3 Å². The maximum absolute atomic E-state index is 13.0. The second-order valence-electron chi connectivity index (χ2n) is 4.76. The van der Waals surface area contributed by atoms with Gasteiger partial charge in [-0.15, -0.1) is 0 Å². The Morgan fingerprint density at radius 2 is 2.10 bits per heavy atom. The standard InChI is InChI=1S/C16H17ClFNO2/c1-11-7-13(18)5-6-16(11)19-9-14(20)10-21-15-4-2-3-12(17)8-15/h2-8,14,19-20H,9-10H2,1H3. The van der Waals surface area contributed by atoms with E-state index in [0.29, 0.717) is 17.3 Å². The van der Waals surface area contributed by atoms with Crippen molar-refractivity contribution in [2.45, 2.75) is 13.0 Å². The van der Waals surface area contributed by atoms with Gasteiger partial charge in [0.25, 0.3) is 0 Å². The Morgan fingerprint density at radius 1 is 1.29 bits per heavy atom. The van der Waals surface area contributed by atoms with Gasteiger partial charge in [0.05, 0.1) is 0 Å². The monoisotopic (exact) mass is 309 g/mol. The number of nitrogens with one attached hydrogen (secondary N) is 1. The van der Waals surface area contributed by atoms with Crippen molar-refractivity contribution in [2.75, 3.05) is 18.5 Å². The minimum atomic E-state index is -0.687. The van der Waals surface area contributed by atoms with Gasteiger partial charge < -0.3 is 15.2 Å². The molecular formula is C16H17ClFNO2. The van der Waals surface area contributed by atoms with Crippen molar-refractivity contribution in [1.29, 1.82) is 0 Å². The second-order valence-corrected chi connectivity index (χ2v) is 5.20. The van der Waals surface area contributed by atoms with Gasteiger partial charge in [0.2, 0.25) is 0 Å². The summed E-state index contributed by atoms with van der Waals surface area (Å²) < 4.78 is 18.4. The zero-order valence-corrected chi connectivity index (χ0v) is 12.4. The molecule has 0 saturated carbocycles. The van der Waals surface area contributed by atoms with Crippen LogP contribution >= 0.6 is 11.6 Å². The summed E-state index contributed by atoms with van der Waals surface area (Å²) in [6, 6.07) is 11.5. The van der Waals surface area contributed by atoms with E-state index in [0.717, 1.165) is 11.3 Å². The fraction of sp³-hybridized carbons (Fsp3) is 0.250. The van der Waals surface area contributed by atoms with Crippen molar-refractivity contribution in [3.8, 4) is 5.75 Å². The fourth-order valence-electron chi connectivity index (χ4n) is 1.86. The third kappa shape index (κ3) is 4.92. The fourth-order valence-corrected chi connectivity index (χ4v) is 2.04. The van der Waals surface area contributed by atoms with Crippen LogP contribution in [0, 0.1) is 12.7 Å². The number of benzene rings is 2. The zero-order chi connectivity index (χ0) is 15.2. The first-order valence-corrected chi connectivity index (χ1v) is 6.99. The number of anilines is 1. The van der Waals surface area contributed by atoms with Crippen LogP contribution in [-0.4, -0.2) is 24.4 Å². The number of hydrogen-bond donors (Lipinski definition) is 2. The van der Waals surface area contributed by atoms with Gasteiger partial charge in [-0.1, -0.05) is 17.7 Å². The Morgan fingerprint density at radius 3 is 2.81 bits per heavy atom. The Labute approximate surface area is 128 Å². The molecule has 0 heterocycles. The van der Waals surface area contributed by atoms with Crippen molar-refractivity contribution in [1.82, 2.24) is 0 Å². The minimum Gasteiger partial charge on any atom is -0.491 e. The van der Waals surface area contributed by atoms with E-state index in [1.807, 2.05) is 0 Å². The van der Waals surface area contributed by atoms with E-state index in [-0.39, 0.29) is 12.4 Å². The number of aryl methyl sites for hydroxylation is 1. The predicted molar refractivity (Wildman–Crippen MR) is 82.6 cm³/mol. The van der Waals surface area contributed by atoms with Crippen LogP contribution in [0.2, 0.25) is 5.02 Å². The summed E-state index contributed by atoms with van der Waals surface area (Å²) in [6.07, 6.45) is -0.687. The summed E-state index contributed by atoms with van der Waals surface area (Å²) >= 11 is 5.85. The van der Waals surface area contributed by atoms with Gasteiger partial charge in [-0.3, -0.25) is 0 Å². The molecule has 1 atom stereocenters. The molecule has 2 aromatic rings. The van der Waals surface area contributed by atoms with E-state index in [1.54, 1.807) is 37.3 Å². The lowest BCUT2D eigenvalue weighted by Crippen LogP contribution is -2.26. The Balaban J connectivity index is 1.80. The number of ether oxygens (including phenoxy) is 1. The largest absolute Gasteiger partial charge is 0.491 e. The van der Waals surface area contributed by atoms with Gasteiger partial charge in [0.1, 0.15) is 24.3 Å². The third-order valence-electron chi connectivity index (χ3n) is 2.96. The normalized spacial score (nSPS) is 12.0. The van der Waals surface area contributed by atoms with Gasteiger partial charge in [-0.2, -0.15) is 0 Å². The van der Waals surface area contributed by atoms with Crippen molar-refractivity contribution >= 4 is 17.3 Å². The van der Waals surface area contributed by atoms with Crippen LogP contribution in [0.15, 0.2) is 42.5 Å². The number of rotatable bonds is 6. The molecule has 0 amide bonds. The van der Waals surface area contributed by atoms with Gasteiger partial charge in [-0.25, -0.2) is 4.39 Å². The molecule has 0 radical (unpaired) electrons. The van der Waals surface area contributed by atoms with Crippen molar-refractivity contribution < 1.29 is 14.2 Å². The van der Waals surface area contributed by atoms with Gasteiger partial charge in [0.15, 0.2) is 0 Å². The molecule has 0 saturated heterocycles. The molecular weight excluding hydrogens is 293 g/mol. The van der Waals surface area contributed by atoms with Crippen LogP contribution in [-0.2, 0) is 0 Å². The van der Waals surface area contributed by atoms with Crippen LogP contribution in [0.3, 0.4) is 0 Å². The molecule has 0 spiro atoms. The first-order chi connectivity index (χ1) is 10.0. The molecule has 2 aromatic carbocycles. The van der Waals surface area contributed by atoms with Crippen LogP contribution in [0.5, 0.6) is 5.75 Å². The van der Waals surface area contributed by atoms with Gasteiger partial charge in [-0.05, 0) is 48.9 Å². The van der Waals surface area contributed by atoms with E-state index in [9.17, 15) is 9.50 Å². The maximum Gasteiger partial charge on any atom is 0.123 e. The van der Waals surface area contributed by atoms with Crippen LogP contribution in [0.25, 0.3) is 0 Å². The zero-order valence-electron chi connectivity index (χ0n) is 11.6. The molecule has 112 valence electrons. The van der Waals surface area contributed by atoms with Crippen molar-refractivity contribution in [2.24, 2.45) is 0 Å². The molecule has 0 aromatic heterocycles. The number of halogens is 2. The summed E-state index contributed by atoms with van der Waals surface area (Å²) in [5.41, 5.74) is 1.58. The highest BCUT2D eigenvalue weighted by Crippen LogP contribution is 2.18. The van der Waals surface area contributed by atoms with Crippen molar-refractivity contribution in [3.05, 3.63) is 58.9 Å². The van der Waals surface area contributed by atoms with E-state index in [2.05, 4.69) is 5.32 Å². The molecule has 0 bridgehead atoms. The predicted octanol–water partition coefficient (Wildman–Crippen LogP) is 3.64. The lowest BCUT2D eigenvalue weighted by Gasteiger charge is -2.15. The van der Waals surface area contributed by atoms with Gasteiger partial charge >= 0.3 is 0 Å². The number of hydrogen-bond acceptors (Lipinski definition) is 3. The maximum atomic E-state index is 13.0. The highest BCUT2D eigenvalue weighted by molar-refractivity contribution is 6.30. The quantitative estimate of drug-likeness (QED) is 0.856. The van der Waals surface area contributed by atoms with E-state index < -0.39 is 6.10 Å². The third-order valence-corrected chi connectivity index (χ3v) is 3.19. The smallest absolute Gasteiger partial charge is 0.123 e. The molecule has 3 nitrogen and oxygen atoms in total. The molecule has 5 heteroatoms. The Kier molecular flexibility index (Phi) is 5.42. The summed E-state index contributed by atoms with van der Waals surface area (Å²) in [4.78, 5) is 0. The van der Waals surface area contributed by atoms with Crippen LogP contribution < -0.4 is 10.1 Å². The Bertz CT molecular complexity index is 607. The summed E-state index contributed by atoms with van der Waals surface area (Å²) in [5.74, 6) is 0.336. The average molecular weight is 310 g/mol. The van der Waals surface area contributed by atoms with E-state index >= 15 is 0 Å². The lowest BCUT2D eigenvalue weighted by atomic mass is 10.2. The molecule has 2 N–H and O–H groups in total. The second kappa shape index (κ2) is 7.29. The number of aliphatic hydroxyl groups excluding tert-OH is 1. The SMILES string of the molecule is Cc1cc(F)ccc1NCC(O)COc1cccc(Cl)c1. The summed E-state index contributed by atoms with van der Waals surface area (Å²) in [6.45, 7) is 2.26. The Hall–Kier alpha value is -1.78. The highest BCUT2D eigenvalue weighted by atomic mass is 35.5. The molecule has 21 heavy (non-hydrogen) atoms. The minimum absolute atomic E-state index is 0.146. The average Bonchev–Trinajstić information content (AvgIpc) is 2.44.